The molecule has 7 aromatic rings. The van der Waals surface area contributed by atoms with Crippen LogP contribution in [0.1, 0.15) is 27.9 Å². The SMILES string of the molecule is Cc1cccc(C)c1N1C(=C/C=c2/c(C)nn3c2nc2cnccc23)N(c2c(C)cccc2C)c2nc3ccccc3nc21. The van der Waals surface area contributed by atoms with Gasteiger partial charge in [-0.25, -0.2) is 19.5 Å². The zero-order valence-electron chi connectivity index (χ0n) is 25.2. The van der Waals surface area contributed by atoms with Crippen LogP contribution in [0.25, 0.3) is 33.8 Å². The maximum absolute atomic E-state index is 5.25. The number of imidazole rings is 1. The van der Waals surface area contributed by atoms with Gasteiger partial charge in [-0.05, 0) is 87.2 Å². The standard InChI is InChI=1S/C36H30N8/c1-21-10-8-11-22(2)32(21)42-31(17-16-26-25(5)41-44-30-18-19-37-20-29(30)40-34(26)44)43(33-23(3)12-9-13-24(33)4)36-35(42)38-27-14-6-7-15-28(27)39-36/h6-20H,1-5H3/b26-16-. The lowest BCUT2D eigenvalue weighted by molar-refractivity contribution is 0.973. The summed E-state index contributed by atoms with van der Waals surface area (Å²) in [5, 5.41) is 5.80. The second kappa shape index (κ2) is 9.70. The van der Waals surface area contributed by atoms with Crippen LogP contribution < -0.4 is 15.0 Å². The van der Waals surface area contributed by atoms with Crippen molar-refractivity contribution in [2.45, 2.75) is 34.6 Å². The number of nitrogens with zero attached hydrogens (tertiary/aromatic N) is 8. The number of hydrogen-bond acceptors (Lipinski definition) is 7. The first-order valence-corrected chi connectivity index (χ1v) is 14.7. The van der Waals surface area contributed by atoms with E-state index in [4.69, 9.17) is 20.1 Å². The van der Waals surface area contributed by atoms with E-state index >= 15 is 0 Å². The van der Waals surface area contributed by atoms with Crippen LogP contribution in [0, 0.1) is 34.6 Å². The molecule has 0 fully saturated rings. The van der Waals surface area contributed by atoms with Crippen molar-refractivity contribution < 1.29 is 0 Å². The molecule has 44 heavy (non-hydrogen) atoms. The van der Waals surface area contributed by atoms with Crippen molar-refractivity contribution in [1.82, 2.24) is 29.5 Å². The highest BCUT2D eigenvalue weighted by Gasteiger charge is 2.39. The van der Waals surface area contributed by atoms with Crippen molar-refractivity contribution in [2.24, 2.45) is 0 Å². The van der Waals surface area contributed by atoms with Gasteiger partial charge in [0.1, 0.15) is 11.3 Å². The quantitative estimate of drug-likeness (QED) is 0.223. The van der Waals surface area contributed by atoms with Crippen LogP contribution in [0.4, 0.5) is 23.0 Å². The number of pyridine rings is 1. The molecule has 0 amide bonds. The Morgan fingerprint density at radius 2 is 1.16 bits per heavy atom. The fourth-order valence-electron chi connectivity index (χ4n) is 6.42. The van der Waals surface area contributed by atoms with Crippen molar-refractivity contribution in [1.29, 1.82) is 0 Å². The number of rotatable bonds is 3. The van der Waals surface area contributed by atoms with Crippen molar-refractivity contribution >= 4 is 56.8 Å². The first kappa shape index (κ1) is 26.0. The molecule has 1 aliphatic rings. The van der Waals surface area contributed by atoms with E-state index < -0.39 is 0 Å². The molecule has 0 saturated heterocycles. The van der Waals surface area contributed by atoms with Gasteiger partial charge in [0, 0.05) is 11.4 Å². The number of aryl methyl sites for hydroxylation is 5. The molecule has 0 bridgehead atoms. The Balaban J connectivity index is 1.48. The van der Waals surface area contributed by atoms with Gasteiger partial charge in [-0.15, -0.1) is 0 Å². The van der Waals surface area contributed by atoms with E-state index in [0.717, 1.165) is 89.7 Å². The average Bonchev–Trinajstić information content (AvgIpc) is 3.62. The number of hydrogen-bond donors (Lipinski definition) is 0. The number of anilines is 4. The predicted molar refractivity (Wildman–Crippen MR) is 176 cm³/mol. The van der Waals surface area contributed by atoms with E-state index in [9.17, 15) is 0 Å². The third kappa shape index (κ3) is 3.80. The van der Waals surface area contributed by atoms with Crippen molar-refractivity contribution in [3.8, 4) is 0 Å². The summed E-state index contributed by atoms with van der Waals surface area (Å²) in [7, 11) is 0. The number of aromatic nitrogens is 6. The molecule has 0 unspecified atom stereocenters. The molecule has 8 heteroatoms. The zero-order valence-corrected chi connectivity index (χ0v) is 25.2. The summed E-state index contributed by atoms with van der Waals surface area (Å²) in [5.74, 6) is 2.52. The Labute approximate surface area is 254 Å². The molecule has 1 aliphatic heterocycles. The van der Waals surface area contributed by atoms with Gasteiger partial charge >= 0.3 is 0 Å². The van der Waals surface area contributed by atoms with Crippen LogP contribution in [0.15, 0.2) is 91.0 Å². The molecule has 0 saturated carbocycles. The highest BCUT2D eigenvalue weighted by molar-refractivity contribution is 5.96. The molecule has 0 radical (unpaired) electrons. The van der Waals surface area contributed by atoms with Gasteiger partial charge in [0.2, 0.25) is 0 Å². The molecule has 0 atom stereocenters. The minimum Gasteiger partial charge on any atom is -0.276 e. The molecule has 214 valence electrons. The first-order chi connectivity index (χ1) is 21.4. The van der Waals surface area contributed by atoms with E-state index in [1.807, 2.05) is 41.8 Å². The molecule has 0 spiro atoms. The maximum Gasteiger partial charge on any atom is 0.183 e. The van der Waals surface area contributed by atoms with Crippen molar-refractivity contribution in [3.63, 3.8) is 0 Å². The van der Waals surface area contributed by atoms with Crippen LogP contribution in [-0.4, -0.2) is 29.5 Å². The Morgan fingerprint density at radius 3 is 1.73 bits per heavy atom. The van der Waals surface area contributed by atoms with Crippen LogP contribution in [-0.2, 0) is 0 Å². The summed E-state index contributed by atoms with van der Waals surface area (Å²) in [6.45, 7) is 10.6. The van der Waals surface area contributed by atoms with E-state index in [0.29, 0.717) is 0 Å². The molecule has 0 aliphatic carbocycles. The van der Waals surface area contributed by atoms with Gasteiger partial charge in [0.25, 0.3) is 0 Å². The van der Waals surface area contributed by atoms with Crippen LogP contribution in [0.5, 0.6) is 0 Å². The van der Waals surface area contributed by atoms with E-state index in [-0.39, 0.29) is 0 Å². The Hall–Kier alpha value is -5.63. The summed E-state index contributed by atoms with van der Waals surface area (Å²) in [5.41, 5.74) is 12.0. The fourth-order valence-corrected chi connectivity index (χ4v) is 6.42. The predicted octanol–water partition coefficient (Wildman–Crippen LogP) is 7.09. The Kier molecular flexibility index (Phi) is 5.74. The number of para-hydroxylation sites is 4. The van der Waals surface area contributed by atoms with Crippen molar-refractivity contribution in [2.75, 3.05) is 9.80 Å². The first-order valence-electron chi connectivity index (χ1n) is 14.7. The molecule has 8 rings (SSSR count). The molecule has 0 N–H and O–H groups in total. The third-order valence-corrected chi connectivity index (χ3v) is 8.46. The topological polar surface area (TPSA) is 75.3 Å². The fraction of sp³-hybridized carbons (Fsp3) is 0.139. The smallest absolute Gasteiger partial charge is 0.183 e. The average molecular weight is 575 g/mol. The summed E-state index contributed by atoms with van der Waals surface area (Å²) < 4.78 is 1.91. The number of allylic oxidation sites excluding steroid dienone is 1. The summed E-state index contributed by atoms with van der Waals surface area (Å²) >= 11 is 0. The van der Waals surface area contributed by atoms with Gasteiger partial charge < -0.3 is 0 Å². The highest BCUT2D eigenvalue weighted by Crippen LogP contribution is 2.51. The summed E-state index contributed by atoms with van der Waals surface area (Å²) in [4.78, 5) is 24.2. The Bertz CT molecular complexity index is 2230. The molecular formula is C36H30N8. The summed E-state index contributed by atoms with van der Waals surface area (Å²) in [6.07, 6.45) is 7.84. The molecule has 3 aromatic carbocycles. The lowest BCUT2D eigenvalue weighted by Gasteiger charge is -2.28. The van der Waals surface area contributed by atoms with Gasteiger partial charge in [0.15, 0.2) is 17.3 Å². The summed E-state index contributed by atoms with van der Waals surface area (Å²) in [6, 6.07) is 22.8. The van der Waals surface area contributed by atoms with Crippen LogP contribution in [0.3, 0.4) is 0 Å². The number of fused-ring (bicyclic) bond motifs is 5. The van der Waals surface area contributed by atoms with Gasteiger partial charge in [0.05, 0.1) is 39.8 Å². The molecule has 4 aromatic heterocycles. The third-order valence-electron chi connectivity index (χ3n) is 8.46. The molecule has 8 nitrogen and oxygen atoms in total. The maximum atomic E-state index is 5.25. The largest absolute Gasteiger partial charge is 0.276 e. The minimum atomic E-state index is 0.795. The monoisotopic (exact) mass is 574 g/mol. The Morgan fingerprint density at radius 1 is 0.591 bits per heavy atom. The lowest BCUT2D eigenvalue weighted by atomic mass is 10.1. The molecule has 5 heterocycles. The normalized spacial score (nSPS) is 13.6. The number of benzene rings is 3. The second-order valence-corrected chi connectivity index (χ2v) is 11.4. The van der Waals surface area contributed by atoms with Gasteiger partial charge in [-0.2, -0.15) is 5.10 Å². The zero-order chi connectivity index (χ0) is 30.1. The van der Waals surface area contributed by atoms with E-state index in [1.165, 1.54) is 0 Å². The van der Waals surface area contributed by atoms with Crippen LogP contribution >= 0.6 is 0 Å². The lowest BCUT2D eigenvalue weighted by Crippen LogP contribution is -2.24. The van der Waals surface area contributed by atoms with E-state index in [2.05, 4.69) is 91.0 Å². The molecular weight excluding hydrogens is 544 g/mol. The van der Waals surface area contributed by atoms with Gasteiger partial charge in [-0.1, -0.05) is 48.5 Å². The van der Waals surface area contributed by atoms with E-state index in [1.54, 1.807) is 12.4 Å². The minimum absolute atomic E-state index is 0.795. The van der Waals surface area contributed by atoms with Crippen LogP contribution in [0.2, 0.25) is 0 Å². The van der Waals surface area contributed by atoms with Crippen molar-refractivity contribution in [3.05, 3.63) is 124 Å². The van der Waals surface area contributed by atoms with Gasteiger partial charge in [-0.3, -0.25) is 14.8 Å². The highest BCUT2D eigenvalue weighted by atomic mass is 15.5. The second-order valence-electron chi connectivity index (χ2n) is 11.4.